The van der Waals surface area contributed by atoms with Crippen LogP contribution in [0, 0.1) is 24.0 Å². The number of halogens is 2. The van der Waals surface area contributed by atoms with Gasteiger partial charge in [-0.1, -0.05) is 30.7 Å². The van der Waals surface area contributed by atoms with Crippen molar-refractivity contribution in [3.8, 4) is 5.75 Å². The van der Waals surface area contributed by atoms with E-state index in [1.54, 1.807) is 12.3 Å². The quantitative estimate of drug-likeness (QED) is 0.267. The zero-order valence-corrected chi connectivity index (χ0v) is 23.1. The monoisotopic (exact) mass is 565 g/mol. The van der Waals surface area contributed by atoms with Crippen molar-refractivity contribution >= 4 is 23.5 Å². The standard InChI is InChI=1S/C31H29F2NO5S/c1-17-5-3-6-20-25(19-8-9-22(32)26(33)21(19)15-40-29(17)20)23-7-4-11-31(12-13-31)30(37)27-28(39-16-38-18(2)35)24(36)10-14-34(23)27/h3,5-6,8-10,14,23,25H,4,7,11-13,15-16H2,1-2H3. The molecule has 0 N–H and O–H groups in total. The SMILES string of the molecule is CC(=O)OCOc1c2n(ccc1=O)C(C1c3ccc(F)c(F)c3CSc3c(C)cccc31)CCCC1(CC1)C2=O. The number of benzene rings is 2. The fourth-order valence-corrected chi connectivity index (χ4v) is 7.58. The second kappa shape index (κ2) is 10.2. The summed E-state index contributed by atoms with van der Waals surface area (Å²) in [5.41, 5.74) is 2.11. The molecule has 40 heavy (non-hydrogen) atoms. The Hall–Kier alpha value is -3.46. The average Bonchev–Trinajstić information content (AvgIpc) is 3.73. The van der Waals surface area contributed by atoms with Crippen LogP contribution in [0.3, 0.4) is 0 Å². The van der Waals surface area contributed by atoms with Crippen LogP contribution < -0.4 is 10.2 Å². The van der Waals surface area contributed by atoms with Gasteiger partial charge in [-0.15, -0.1) is 11.8 Å². The number of Topliss-reactive ketones (excluding diaryl/α,β-unsaturated/α-hetero) is 1. The number of ketones is 1. The van der Waals surface area contributed by atoms with Gasteiger partial charge in [0.15, 0.2) is 23.2 Å². The first kappa shape index (κ1) is 26.7. The maximum absolute atomic E-state index is 15.3. The van der Waals surface area contributed by atoms with Gasteiger partial charge in [0.2, 0.25) is 12.2 Å². The van der Waals surface area contributed by atoms with E-state index in [9.17, 15) is 18.8 Å². The summed E-state index contributed by atoms with van der Waals surface area (Å²) < 4.78 is 42.2. The zero-order valence-electron chi connectivity index (χ0n) is 22.3. The Morgan fingerprint density at radius 2 is 1.90 bits per heavy atom. The predicted octanol–water partition coefficient (Wildman–Crippen LogP) is 6.46. The smallest absolute Gasteiger partial charge is 0.305 e. The minimum Gasteiger partial charge on any atom is -0.451 e. The fourth-order valence-electron chi connectivity index (χ4n) is 6.34. The summed E-state index contributed by atoms with van der Waals surface area (Å²) in [5.74, 6) is -2.78. The summed E-state index contributed by atoms with van der Waals surface area (Å²) in [7, 11) is 0. The minimum atomic E-state index is -0.894. The van der Waals surface area contributed by atoms with Gasteiger partial charge in [-0.25, -0.2) is 8.78 Å². The van der Waals surface area contributed by atoms with Crippen LogP contribution in [-0.4, -0.2) is 23.1 Å². The highest BCUT2D eigenvalue weighted by molar-refractivity contribution is 7.98. The lowest BCUT2D eigenvalue weighted by Gasteiger charge is -2.36. The third-order valence-corrected chi connectivity index (χ3v) is 9.78. The Morgan fingerprint density at radius 3 is 2.65 bits per heavy atom. The van der Waals surface area contributed by atoms with Crippen molar-refractivity contribution in [1.29, 1.82) is 0 Å². The summed E-state index contributed by atoms with van der Waals surface area (Å²) in [6, 6.07) is 9.75. The third-order valence-electron chi connectivity index (χ3n) is 8.50. The molecule has 2 aliphatic heterocycles. The third kappa shape index (κ3) is 4.44. The molecule has 0 amide bonds. The molecule has 2 aromatic carbocycles. The van der Waals surface area contributed by atoms with Gasteiger partial charge in [-0.3, -0.25) is 14.4 Å². The van der Waals surface area contributed by atoms with Gasteiger partial charge in [0, 0.05) is 52.8 Å². The second-order valence-corrected chi connectivity index (χ2v) is 11.9. The highest BCUT2D eigenvalue weighted by Gasteiger charge is 2.52. The first-order chi connectivity index (χ1) is 19.2. The van der Waals surface area contributed by atoms with E-state index in [2.05, 4.69) is 0 Å². The van der Waals surface area contributed by atoms with Crippen molar-refractivity contribution in [2.75, 3.05) is 6.79 Å². The van der Waals surface area contributed by atoms with Crippen molar-refractivity contribution < 1.29 is 27.8 Å². The molecule has 1 aliphatic carbocycles. The van der Waals surface area contributed by atoms with Crippen LogP contribution in [-0.2, 0) is 15.3 Å². The van der Waals surface area contributed by atoms with E-state index in [1.807, 2.05) is 29.7 Å². The summed E-state index contributed by atoms with van der Waals surface area (Å²) in [5, 5.41) is 0. The topological polar surface area (TPSA) is 74.6 Å². The number of aromatic nitrogens is 1. The van der Waals surface area contributed by atoms with Crippen LogP contribution in [0.25, 0.3) is 0 Å². The van der Waals surface area contributed by atoms with Crippen molar-refractivity contribution in [2.24, 2.45) is 5.41 Å². The summed E-state index contributed by atoms with van der Waals surface area (Å²) >= 11 is 1.48. The Bertz CT molecular complexity index is 1600. The number of thioether (sulfide) groups is 1. The molecular formula is C31H29F2NO5S. The molecule has 1 fully saturated rings. The van der Waals surface area contributed by atoms with E-state index in [-0.39, 0.29) is 23.0 Å². The van der Waals surface area contributed by atoms with Gasteiger partial charge in [0.05, 0.1) is 0 Å². The molecule has 0 saturated heterocycles. The van der Waals surface area contributed by atoms with E-state index in [0.717, 1.165) is 35.3 Å². The number of esters is 1. The van der Waals surface area contributed by atoms with Crippen molar-refractivity contribution in [3.63, 3.8) is 0 Å². The Morgan fingerprint density at radius 1 is 1.10 bits per heavy atom. The molecule has 0 radical (unpaired) electrons. The minimum absolute atomic E-state index is 0.148. The molecule has 1 aromatic heterocycles. The first-order valence-electron chi connectivity index (χ1n) is 13.5. The zero-order chi connectivity index (χ0) is 28.2. The Balaban J connectivity index is 1.59. The number of pyridine rings is 1. The lowest BCUT2D eigenvalue weighted by molar-refractivity contribution is -0.147. The number of carbonyl (C=O) groups is 2. The molecule has 3 aromatic rings. The van der Waals surface area contributed by atoms with Crippen LogP contribution in [0.1, 0.15) is 83.7 Å². The van der Waals surface area contributed by atoms with Gasteiger partial charge >= 0.3 is 5.97 Å². The van der Waals surface area contributed by atoms with Crippen LogP contribution in [0.4, 0.5) is 8.78 Å². The Labute approximate surface area is 234 Å². The fraction of sp³-hybridized carbons (Fsp3) is 0.387. The highest BCUT2D eigenvalue weighted by atomic mass is 32.2. The molecule has 6 nitrogen and oxygen atoms in total. The van der Waals surface area contributed by atoms with Gasteiger partial charge in [0.25, 0.3) is 0 Å². The number of rotatable bonds is 4. The molecular weight excluding hydrogens is 536 g/mol. The number of fused-ring (bicyclic) bond motifs is 3. The van der Waals surface area contributed by atoms with Crippen molar-refractivity contribution in [2.45, 2.75) is 68.6 Å². The second-order valence-electron chi connectivity index (χ2n) is 10.9. The number of ether oxygens (including phenoxy) is 2. The van der Waals surface area contributed by atoms with E-state index >= 15 is 4.39 Å². The first-order valence-corrected chi connectivity index (χ1v) is 14.5. The number of hydrogen-bond donors (Lipinski definition) is 0. The molecule has 0 bridgehead atoms. The molecule has 9 heteroatoms. The lowest BCUT2D eigenvalue weighted by atomic mass is 9.78. The largest absolute Gasteiger partial charge is 0.451 e. The van der Waals surface area contributed by atoms with Crippen LogP contribution in [0.15, 0.2) is 52.3 Å². The van der Waals surface area contributed by atoms with Gasteiger partial charge in [-0.2, -0.15) is 0 Å². The molecule has 2 atom stereocenters. The average molecular weight is 566 g/mol. The number of aryl methyl sites for hydroxylation is 1. The number of hydrogen-bond acceptors (Lipinski definition) is 6. The predicted molar refractivity (Wildman–Crippen MR) is 146 cm³/mol. The highest BCUT2D eigenvalue weighted by Crippen LogP contribution is 2.56. The molecule has 6 rings (SSSR count). The molecule has 1 spiro atoms. The number of carbonyl (C=O) groups excluding carboxylic acids is 2. The van der Waals surface area contributed by atoms with Gasteiger partial charge in [0.1, 0.15) is 5.69 Å². The van der Waals surface area contributed by atoms with E-state index in [1.165, 1.54) is 30.8 Å². The van der Waals surface area contributed by atoms with E-state index in [0.29, 0.717) is 24.0 Å². The van der Waals surface area contributed by atoms with E-state index in [4.69, 9.17) is 9.47 Å². The Kier molecular flexibility index (Phi) is 6.81. The lowest BCUT2D eigenvalue weighted by Crippen LogP contribution is -2.33. The van der Waals surface area contributed by atoms with Crippen LogP contribution in [0.2, 0.25) is 0 Å². The summed E-state index contributed by atoms with van der Waals surface area (Å²) in [6.45, 7) is 2.73. The molecule has 2 unspecified atom stereocenters. The molecule has 208 valence electrons. The van der Waals surface area contributed by atoms with Gasteiger partial charge in [-0.05, 0) is 55.4 Å². The molecule has 1 saturated carbocycles. The van der Waals surface area contributed by atoms with E-state index < -0.39 is 47.2 Å². The number of nitrogens with zero attached hydrogens (tertiary/aromatic N) is 1. The van der Waals surface area contributed by atoms with Crippen LogP contribution >= 0.6 is 11.8 Å². The van der Waals surface area contributed by atoms with Crippen molar-refractivity contribution in [3.05, 3.63) is 92.4 Å². The maximum Gasteiger partial charge on any atom is 0.305 e. The summed E-state index contributed by atoms with van der Waals surface area (Å²) in [6.07, 6.45) is 5.16. The van der Waals surface area contributed by atoms with Crippen LogP contribution in [0.5, 0.6) is 5.75 Å². The normalized spacial score (nSPS) is 20.9. The summed E-state index contributed by atoms with van der Waals surface area (Å²) in [4.78, 5) is 39.6. The van der Waals surface area contributed by atoms with Crippen molar-refractivity contribution in [1.82, 2.24) is 4.57 Å². The van der Waals surface area contributed by atoms with Gasteiger partial charge < -0.3 is 14.0 Å². The molecule has 3 aliphatic rings. The molecule has 3 heterocycles. The maximum atomic E-state index is 15.3.